The van der Waals surface area contributed by atoms with E-state index in [1.165, 1.54) is 37.7 Å². The minimum atomic E-state index is 0.141. The molecule has 186 valence electrons. The number of benzene rings is 1. The molecule has 1 aliphatic heterocycles. The van der Waals surface area contributed by atoms with Crippen molar-refractivity contribution in [3.63, 3.8) is 0 Å². The van der Waals surface area contributed by atoms with Crippen LogP contribution in [0.3, 0.4) is 0 Å². The standard InChI is InChI=1S/C28H36ClN5O/c1-33(14-18-3-2-4-23(29)12-18)16-27(35)34-6-5-24-26(15-34)31-17-32-28(24)30-13-25-21-8-19-7-20(10-21)11-22(25)9-19/h2-4,12,17,19-22,25H,5-11,13-16H2,1H3,(H,30,31,32). The number of carbonyl (C=O) groups excluding carboxylic acids is 1. The van der Waals surface area contributed by atoms with E-state index in [0.29, 0.717) is 19.6 Å². The molecule has 1 amide bonds. The van der Waals surface area contributed by atoms with E-state index in [-0.39, 0.29) is 5.91 Å². The number of carbonyl (C=O) groups is 1. The lowest BCUT2D eigenvalue weighted by Gasteiger charge is -2.54. The minimum absolute atomic E-state index is 0.141. The molecule has 35 heavy (non-hydrogen) atoms. The number of nitrogens with zero attached hydrogens (tertiary/aromatic N) is 4. The van der Waals surface area contributed by atoms with Crippen molar-refractivity contribution >= 4 is 23.3 Å². The first-order chi connectivity index (χ1) is 17.0. The molecular weight excluding hydrogens is 458 g/mol. The van der Waals surface area contributed by atoms with E-state index in [1.54, 1.807) is 6.33 Å². The summed E-state index contributed by atoms with van der Waals surface area (Å²) in [6, 6.07) is 7.81. The summed E-state index contributed by atoms with van der Waals surface area (Å²) < 4.78 is 0. The summed E-state index contributed by atoms with van der Waals surface area (Å²) in [6.07, 6.45) is 9.77. The zero-order valence-corrected chi connectivity index (χ0v) is 21.4. The van der Waals surface area contributed by atoms with Crippen LogP contribution >= 0.6 is 11.6 Å². The zero-order chi connectivity index (χ0) is 23.9. The molecule has 0 atom stereocenters. The number of anilines is 1. The van der Waals surface area contributed by atoms with Gasteiger partial charge in [-0.25, -0.2) is 9.97 Å². The molecule has 4 aliphatic carbocycles. The maximum Gasteiger partial charge on any atom is 0.237 e. The van der Waals surface area contributed by atoms with Gasteiger partial charge in [0.05, 0.1) is 18.8 Å². The van der Waals surface area contributed by atoms with Crippen molar-refractivity contribution < 1.29 is 4.79 Å². The van der Waals surface area contributed by atoms with Crippen molar-refractivity contribution in [2.45, 2.75) is 51.6 Å². The molecule has 0 unspecified atom stereocenters. The summed E-state index contributed by atoms with van der Waals surface area (Å²) in [5, 5.41) is 4.46. The first-order valence-electron chi connectivity index (χ1n) is 13.3. The van der Waals surface area contributed by atoms with Crippen molar-refractivity contribution in [3.05, 3.63) is 52.4 Å². The Balaban J connectivity index is 1.05. The van der Waals surface area contributed by atoms with E-state index in [2.05, 4.69) is 15.3 Å². The summed E-state index contributed by atoms with van der Waals surface area (Å²) in [5.74, 6) is 5.77. The second-order valence-corrected chi connectivity index (χ2v) is 11.9. The molecule has 1 aromatic heterocycles. The van der Waals surface area contributed by atoms with Crippen LogP contribution in [0.25, 0.3) is 0 Å². The van der Waals surface area contributed by atoms with Crippen molar-refractivity contribution in [2.24, 2.45) is 29.6 Å². The number of fused-ring (bicyclic) bond motifs is 1. The Morgan fingerprint density at radius 3 is 2.66 bits per heavy atom. The van der Waals surface area contributed by atoms with Gasteiger partial charge in [-0.1, -0.05) is 23.7 Å². The average Bonchev–Trinajstić information content (AvgIpc) is 2.83. The summed E-state index contributed by atoms with van der Waals surface area (Å²) in [4.78, 5) is 26.2. The minimum Gasteiger partial charge on any atom is -0.369 e. The number of amides is 1. The van der Waals surface area contributed by atoms with Gasteiger partial charge in [0, 0.05) is 30.2 Å². The largest absolute Gasteiger partial charge is 0.369 e. The monoisotopic (exact) mass is 493 g/mol. The van der Waals surface area contributed by atoms with Crippen LogP contribution < -0.4 is 5.32 Å². The number of aromatic nitrogens is 2. The van der Waals surface area contributed by atoms with Gasteiger partial charge in [0.1, 0.15) is 12.1 Å². The van der Waals surface area contributed by atoms with Gasteiger partial charge in [0.15, 0.2) is 0 Å². The Bertz CT molecular complexity index is 1060. The Kier molecular flexibility index (Phi) is 6.44. The third-order valence-corrected chi connectivity index (χ3v) is 9.27. The van der Waals surface area contributed by atoms with Gasteiger partial charge < -0.3 is 10.2 Å². The molecule has 0 radical (unpaired) electrons. The molecule has 1 aromatic carbocycles. The maximum atomic E-state index is 13.0. The van der Waals surface area contributed by atoms with Crippen molar-refractivity contribution in [2.75, 3.05) is 32.0 Å². The number of likely N-dealkylation sites (N-methyl/N-ethyl adjacent to an activating group) is 1. The number of hydrogen-bond donors (Lipinski definition) is 1. The molecule has 0 saturated heterocycles. The lowest BCUT2D eigenvalue weighted by Crippen LogP contribution is -2.47. The van der Waals surface area contributed by atoms with Crippen LogP contribution in [0.2, 0.25) is 5.02 Å². The van der Waals surface area contributed by atoms with Gasteiger partial charge in [-0.3, -0.25) is 9.69 Å². The molecule has 4 saturated carbocycles. The SMILES string of the molecule is CN(CC(=O)N1CCc2c(ncnc2NCC2C3CC4CC(C3)CC2C4)C1)Cc1cccc(Cl)c1. The second-order valence-electron chi connectivity index (χ2n) is 11.5. The van der Waals surface area contributed by atoms with Crippen molar-refractivity contribution in [1.29, 1.82) is 0 Å². The fourth-order valence-electron chi connectivity index (χ4n) is 7.64. The van der Waals surface area contributed by atoms with Crippen LogP contribution in [-0.4, -0.2) is 52.4 Å². The van der Waals surface area contributed by atoms with E-state index in [4.69, 9.17) is 11.6 Å². The summed E-state index contributed by atoms with van der Waals surface area (Å²) >= 11 is 6.10. The molecule has 0 spiro atoms. The normalized spacial score (nSPS) is 28.9. The van der Waals surface area contributed by atoms with E-state index in [0.717, 1.165) is 71.2 Å². The predicted octanol–water partition coefficient (Wildman–Crippen LogP) is 4.63. The number of nitrogens with one attached hydrogen (secondary N) is 1. The highest BCUT2D eigenvalue weighted by Crippen LogP contribution is 2.56. The molecular formula is C28H36ClN5O. The molecule has 5 aliphatic rings. The molecule has 7 rings (SSSR count). The third-order valence-electron chi connectivity index (χ3n) is 9.03. The highest BCUT2D eigenvalue weighted by Gasteiger charge is 2.47. The number of halogens is 1. The summed E-state index contributed by atoms with van der Waals surface area (Å²) in [6.45, 7) is 3.39. The zero-order valence-electron chi connectivity index (χ0n) is 20.6. The van der Waals surface area contributed by atoms with Crippen LogP contribution in [0.1, 0.15) is 48.9 Å². The van der Waals surface area contributed by atoms with Crippen molar-refractivity contribution in [3.8, 4) is 0 Å². The fourth-order valence-corrected chi connectivity index (χ4v) is 7.85. The first-order valence-corrected chi connectivity index (χ1v) is 13.7. The average molecular weight is 494 g/mol. The molecule has 1 N–H and O–H groups in total. The van der Waals surface area contributed by atoms with Gasteiger partial charge in [0.2, 0.25) is 5.91 Å². The quantitative estimate of drug-likeness (QED) is 0.609. The fraction of sp³-hybridized carbons (Fsp3) is 0.607. The van der Waals surface area contributed by atoms with Crippen molar-refractivity contribution in [1.82, 2.24) is 19.8 Å². The Hall–Kier alpha value is -2.18. The summed E-state index contributed by atoms with van der Waals surface area (Å²) in [5.41, 5.74) is 3.30. The molecule has 6 nitrogen and oxygen atoms in total. The van der Waals surface area contributed by atoms with Crippen LogP contribution in [0.4, 0.5) is 5.82 Å². The molecule has 2 heterocycles. The van der Waals surface area contributed by atoms with E-state index in [9.17, 15) is 4.79 Å². The highest BCUT2D eigenvalue weighted by atomic mass is 35.5. The van der Waals surface area contributed by atoms with Gasteiger partial charge in [-0.2, -0.15) is 0 Å². The van der Waals surface area contributed by atoms with Gasteiger partial charge in [0.25, 0.3) is 0 Å². The Morgan fingerprint density at radius 2 is 1.91 bits per heavy atom. The first kappa shape index (κ1) is 23.2. The van der Waals surface area contributed by atoms with Gasteiger partial charge >= 0.3 is 0 Å². The summed E-state index contributed by atoms with van der Waals surface area (Å²) in [7, 11) is 1.98. The Morgan fingerprint density at radius 1 is 1.14 bits per heavy atom. The Labute approximate surface area is 213 Å². The molecule has 4 bridgehead atoms. The second kappa shape index (κ2) is 9.70. The predicted molar refractivity (Wildman–Crippen MR) is 138 cm³/mol. The van der Waals surface area contributed by atoms with Crippen LogP contribution in [0, 0.1) is 29.6 Å². The number of hydrogen-bond acceptors (Lipinski definition) is 5. The van der Waals surface area contributed by atoms with E-state index < -0.39 is 0 Å². The van der Waals surface area contributed by atoms with E-state index in [1.807, 2.05) is 41.1 Å². The lowest BCUT2D eigenvalue weighted by molar-refractivity contribution is -0.133. The van der Waals surface area contributed by atoms with Crippen LogP contribution in [0.5, 0.6) is 0 Å². The smallest absolute Gasteiger partial charge is 0.237 e. The maximum absolute atomic E-state index is 13.0. The van der Waals surface area contributed by atoms with Crippen LogP contribution in [-0.2, 0) is 24.3 Å². The van der Waals surface area contributed by atoms with Crippen LogP contribution in [0.15, 0.2) is 30.6 Å². The van der Waals surface area contributed by atoms with Gasteiger partial charge in [-0.15, -0.1) is 0 Å². The highest BCUT2D eigenvalue weighted by molar-refractivity contribution is 6.30. The third kappa shape index (κ3) is 4.92. The molecule has 7 heteroatoms. The van der Waals surface area contributed by atoms with Gasteiger partial charge in [-0.05, 0) is 92.9 Å². The van der Waals surface area contributed by atoms with E-state index >= 15 is 0 Å². The molecule has 4 fully saturated rings. The topological polar surface area (TPSA) is 61.4 Å². The molecule has 2 aromatic rings. The number of rotatable bonds is 7. The lowest BCUT2D eigenvalue weighted by atomic mass is 9.52.